The Kier molecular flexibility index (Phi) is 3.71. The first kappa shape index (κ1) is 12.3. The molecule has 88 valence electrons. The predicted molar refractivity (Wildman–Crippen MR) is 58.0 cm³/mol. The number of allylic oxidation sites excluding steroid dienone is 3. The van der Waals surface area contributed by atoms with Gasteiger partial charge in [0.2, 0.25) is 0 Å². The van der Waals surface area contributed by atoms with Gasteiger partial charge < -0.3 is 15.2 Å². The van der Waals surface area contributed by atoms with Crippen molar-refractivity contribution in [3.05, 3.63) is 24.3 Å². The van der Waals surface area contributed by atoms with Gasteiger partial charge in [-0.3, -0.25) is 0 Å². The van der Waals surface area contributed by atoms with Gasteiger partial charge in [0, 0.05) is 5.41 Å². The number of carboxylic acid groups (broad SMARTS) is 1. The first-order valence-electron chi connectivity index (χ1n) is 4.91. The molecule has 1 rings (SSSR count). The molecule has 0 aromatic heterocycles. The largest absolute Gasteiger partial charge is 0.480 e. The minimum absolute atomic E-state index is 0.560. The number of ether oxygens (including phenoxy) is 1. The van der Waals surface area contributed by atoms with E-state index in [9.17, 15) is 9.59 Å². The molecular weight excluding hydrogens is 210 g/mol. The van der Waals surface area contributed by atoms with E-state index in [2.05, 4.69) is 10.1 Å². The average molecular weight is 225 g/mol. The standard InChI is InChI=1S/C11H15NO4/c1-11(6-4-3-5-7-11)8(9(13)14)12-10(15)16-2/h3-6,8H,7H2,1-2H3,(H,12,15)(H,13,14)/t8-,11?/m0/s1. The molecule has 0 heterocycles. The van der Waals surface area contributed by atoms with Crippen molar-refractivity contribution in [3.8, 4) is 0 Å². The summed E-state index contributed by atoms with van der Waals surface area (Å²) < 4.78 is 4.41. The number of carbonyl (C=O) groups excluding carboxylic acids is 1. The molecule has 1 aliphatic rings. The number of hydrogen-bond donors (Lipinski definition) is 2. The Morgan fingerprint density at radius 1 is 1.50 bits per heavy atom. The predicted octanol–water partition coefficient (Wildman–Crippen LogP) is 1.32. The molecule has 0 fully saturated rings. The molecule has 0 saturated carbocycles. The summed E-state index contributed by atoms with van der Waals surface area (Å²) in [7, 11) is 1.20. The van der Waals surface area contributed by atoms with Crippen LogP contribution in [-0.4, -0.2) is 30.3 Å². The zero-order valence-electron chi connectivity index (χ0n) is 9.27. The summed E-state index contributed by atoms with van der Waals surface area (Å²) in [5.74, 6) is -1.08. The summed E-state index contributed by atoms with van der Waals surface area (Å²) in [6, 6.07) is -0.999. The molecule has 1 amide bonds. The SMILES string of the molecule is COC(=O)N[C@@H](C(=O)O)C1(C)C=CC=CC1. The fraction of sp³-hybridized carbons (Fsp3) is 0.455. The Labute approximate surface area is 93.8 Å². The third kappa shape index (κ3) is 2.62. The lowest BCUT2D eigenvalue weighted by Gasteiger charge is -2.32. The zero-order valence-corrected chi connectivity index (χ0v) is 9.27. The van der Waals surface area contributed by atoms with E-state index in [4.69, 9.17) is 5.11 Å². The molecule has 1 aliphatic carbocycles. The van der Waals surface area contributed by atoms with Gasteiger partial charge in [-0.25, -0.2) is 9.59 Å². The van der Waals surface area contributed by atoms with Gasteiger partial charge >= 0.3 is 12.1 Å². The van der Waals surface area contributed by atoms with E-state index in [-0.39, 0.29) is 0 Å². The number of methoxy groups -OCH3 is 1. The van der Waals surface area contributed by atoms with Gasteiger partial charge in [-0.15, -0.1) is 0 Å². The number of nitrogens with one attached hydrogen (secondary N) is 1. The van der Waals surface area contributed by atoms with Crippen LogP contribution in [0.15, 0.2) is 24.3 Å². The Morgan fingerprint density at radius 3 is 2.62 bits per heavy atom. The summed E-state index contributed by atoms with van der Waals surface area (Å²) in [4.78, 5) is 22.2. The van der Waals surface area contributed by atoms with Crippen molar-refractivity contribution in [1.82, 2.24) is 5.32 Å². The van der Waals surface area contributed by atoms with Crippen LogP contribution in [0.25, 0.3) is 0 Å². The monoisotopic (exact) mass is 225 g/mol. The molecule has 5 nitrogen and oxygen atoms in total. The summed E-state index contributed by atoms with van der Waals surface area (Å²) in [5.41, 5.74) is -0.630. The van der Waals surface area contributed by atoms with E-state index in [1.807, 2.05) is 12.2 Å². The highest BCUT2D eigenvalue weighted by atomic mass is 16.5. The first-order valence-corrected chi connectivity index (χ1v) is 4.91. The maximum Gasteiger partial charge on any atom is 0.407 e. The van der Waals surface area contributed by atoms with Crippen molar-refractivity contribution in [2.75, 3.05) is 7.11 Å². The number of rotatable bonds is 3. The van der Waals surface area contributed by atoms with E-state index >= 15 is 0 Å². The van der Waals surface area contributed by atoms with Crippen LogP contribution in [0, 0.1) is 5.41 Å². The highest BCUT2D eigenvalue weighted by Gasteiger charge is 2.38. The van der Waals surface area contributed by atoms with Crippen LogP contribution >= 0.6 is 0 Å². The molecular formula is C11H15NO4. The zero-order chi connectivity index (χ0) is 12.2. The van der Waals surface area contributed by atoms with Crippen molar-refractivity contribution >= 4 is 12.1 Å². The van der Waals surface area contributed by atoms with Crippen molar-refractivity contribution in [2.24, 2.45) is 5.41 Å². The maximum absolute atomic E-state index is 11.1. The van der Waals surface area contributed by atoms with Crippen LogP contribution in [0.5, 0.6) is 0 Å². The summed E-state index contributed by atoms with van der Waals surface area (Å²) in [5, 5.41) is 11.4. The number of aliphatic carboxylic acids is 1. The molecule has 0 saturated heterocycles. The van der Waals surface area contributed by atoms with Crippen LogP contribution in [-0.2, 0) is 9.53 Å². The molecule has 0 radical (unpaired) electrons. The smallest absolute Gasteiger partial charge is 0.407 e. The Balaban J connectivity index is 2.85. The van der Waals surface area contributed by atoms with Crippen molar-refractivity contribution < 1.29 is 19.4 Å². The average Bonchev–Trinajstić information content (AvgIpc) is 2.25. The van der Waals surface area contributed by atoms with E-state index in [1.165, 1.54) is 7.11 Å². The normalized spacial score (nSPS) is 24.9. The van der Waals surface area contributed by atoms with Crippen LogP contribution in [0.1, 0.15) is 13.3 Å². The molecule has 0 aromatic rings. The second-order valence-electron chi connectivity index (χ2n) is 3.90. The lowest BCUT2D eigenvalue weighted by molar-refractivity contribution is -0.141. The van der Waals surface area contributed by atoms with E-state index < -0.39 is 23.5 Å². The lowest BCUT2D eigenvalue weighted by atomic mass is 9.77. The van der Waals surface area contributed by atoms with Gasteiger partial charge in [-0.2, -0.15) is 0 Å². The van der Waals surface area contributed by atoms with Crippen molar-refractivity contribution in [1.29, 1.82) is 0 Å². The fourth-order valence-electron chi connectivity index (χ4n) is 1.64. The third-order valence-corrected chi connectivity index (χ3v) is 2.64. The second-order valence-corrected chi connectivity index (χ2v) is 3.90. The van der Waals surface area contributed by atoms with Crippen molar-refractivity contribution in [2.45, 2.75) is 19.4 Å². The quantitative estimate of drug-likeness (QED) is 0.759. The molecule has 0 spiro atoms. The summed E-state index contributed by atoms with van der Waals surface area (Å²) >= 11 is 0. The topological polar surface area (TPSA) is 75.6 Å². The third-order valence-electron chi connectivity index (χ3n) is 2.64. The molecule has 5 heteroatoms. The summed E-state index contributed by atoms with van der Waals surface area (Å²) in [6.07, 6.45) is 7.09. The number of carboxylic acids is 1. The molecule has 0 aliphatic heterocycles. The van der Waals surface area contributed by atoms with Gasteiger partial charge in [-0.05, 0) is 6.42 Å². The number of alkyl carbamates (subject to hydrolysis) is 1. The number of carbonyl (C=O) groups is 2. The first-order chi connectivity index (χ1) is 7.49. The van der Waals surface area contributed by atoms with Crippen LogP contribution < -0.4 is 5.32 Å². The van der Waals surface area contributed by atoms with Crippen LogP contribution in [0.3, 0.4) is 0 Å². The fourth-order valence-corrected chi connectivity index (χ4v) is 1.64. The molecule has 2 atom stereocenters. The van der Waals surface area contributed by atoms with E-state index in [0.717, 1.165) is 0 Å². The Bertz CT molecular complexity index is 348. The highest BCUT2D eigenvalue weighted by Crippen LogP contribution is 2.31. The van der Waals surface area contributed by atoms with E-state index in [0.29, 0.717) is 6.42 Å². The molecule has 1 unspecified atom stereocenters. The molecule has 16 heavy (non-hydrogen) atoms. The lowest BCUT2D eigenvalue weighted by Crippen LogP contribution is -2.50. The van der Waals surface area contributed by atoms with Crippen LogP contribution in [0.2, 0.25) is 0 Å². The van der Waals surface area contributed by atoms with Gasteiger partial charge in [0.15, 0.2) is 0 Å². The minimum atomic E-state index is -1.08. The van der Waals surface area contributed by atoms with Crippen LogP contribution in [0.4, 0.5) is 4.79 Å². The Morgan fingerprint density at radius 2 is 2.19 bits per heavy atom. The number of hydrogen-bond acceptors (Lipinski definition) is 3. The minimum Gasteiger partial charge on any atom is -0.480 e. The molecule has 0 bridgehead atoms. The van der Waals surface area contributed by atoms with Gasteiger partial charge in [0.1, 0.15) is 6.04 Å². The van der Waals surface area contributed by atoms with Gasteiger partial charge in [0.25, 0.3) is 0 Å². The van der Waals surface area contributed by atoms with E-state index in [1.54, 1.807) is 19.1 Å². The molecule has 2 N–H and O–H groups in total. The maximum atomic E-state index is 11.1. The highest BCUT2D eigenvalue weighted by molar-refractivity contribution is 5.81. The van der Waals surface area contributed by atoms with Gasteiger partial charge in [-0.1, -0.05) is 31.2 Å². The molecule has 0 aromatic carbocycles. The second kappa shape index (κ2) is 4.83. The summed E-state index contributed by atoms with van der Waals surface area (Å²) in [6.45, 7) is 1.78. The van der Waals surface area contributed by atoms with Gasteiger partial charge in [0.05, 0.1) is 7.11 Å². The number of amides is 1. The van der Waals surface area contributed by atoms with Crippen molar-refractivity contribution in [3.63, 3.8) is 0 Å². The Hall–Kier alpha value is -1.78.